The number of ether oxygens (including phenoxy) is 1. The van der Waals surface area contributed by atoms with Crippen LogP contribution in [0.3, 0.4) is 0 Å². The van der Waals surface area contributed by atoms with E-state index in [9.17, 15) is 5.11 Å². The van der Waals surface area contributed by atoms with Crippen LogP contribution in [-0.2, 0) is 0 Å². The molecule has 2 unspecified atom stereocenters. The third-order valence-electron chi connectivity index (χ3n) is 4.36. The van der Waals surface area contributed by atoms with E-state index in [-0.39, 0.29) is 6.10 Å². The summed E-state index contributed by atoms with van der Waals surface area (Å²) in [6.45, 7) is 1.65. The molecular weight excluding hydrogens is 240 g/mol. The van der Waals surface area contributed by atoms with Crippen LogP contribution < -0.4 is 10.5 Å². The minimum absolute atomic E-state index is 0.0910. The third-order valence-corrected chi connectivity index (χ3v) is 4.36. The molecule has 2 saturated heterocycles. The molecule has 4 nitrogen and oxygen atoms in total. The Kier molecular flexibility index (Phi) is 3.62. The Balaban J connectivity index is 1.49. The first-order valence-electron chi connectivity index (χ1n) is 7.14. The minimum Gasteiger partial charge on any atom is -0.492 e. The molecule has 0 aliphatic carbocycles. The standard InChI is InChI=1S/C15H22N2O2/c16-11-1-5-15(6-2-11)19-8-7-17-12-3-4-13(17)10-14(18)9-12/h1-2,5-6,12-14,18H,3-4,7-10,16H2. The first-order valence-corrected chi connectivity index (χ1v) is 7.14. The van der Waals surface area contributed by atoms with E-state index >= 15 is 0 Å². The van der Waals surface area contributed by atoms with Crippen LogP contribution in [0.5, 0.6) is 5.75 Å². The van der Waals surface area contributed by atoms with Crippen molar-refractivity contribution in [1.29, 1.82) is 0 Å². The predicted molar refractivity (Wildman–Crippen MR) is 75.1 cm³/mol. The van der Waals surface area contributed by atoms with Crippen LogP contribution in [-0.4, -0.2) is 41.3 Å². The van der Waals surface area contributed by atoms with Gasteiger partial charge in [0.05, 0.1) is 6.10 Å². The molecule has 0 radical (unpaired) electrons. The van der Waals surface area contributed by atoms with Crippen molar-refractivity contribution in [2.45, 2.75) is 43.9 Å². The number of hydrogen-bond acceptors (Lipinski definition) is 4. The molecule has 0 spiro atoms. The molecule has 1 aromatic carbocycles. The number of piperidine rings is 1. The summed E-state index contributed by atoms with van der Waals surface area (Å²) in [4.78, 5) is 2.52. The van der Waals surface area contributed by atoms with E-state index < -0.39 is 0 Å². The second-order valence-corrected chi connectivity index (χ2v) is 5.67. The quantitative estimate of drug-likeness (QED) is 0.810. The van der Waals surface area contributed by atoms with Crippen LogP contribution in [0.25, 0.3) is 0 Å². The van der Waals surface area contributed by atoms with Crippen molar-refractivity contribution in [2.75, 3.05) is 18.9 Å². The maximum absolute atomic E-state index is 9.77. The van der Waals surface area contributed by atoms with Gasteiger partial charge in [0.15, 0.2) is 0 Å². The fourth-order valence-corrected chi connectivity index (χ4v) is 3.44. The molecule has 3 N–H and O–H groups in total. The van der Waals surface area contributed by atoms with Gasteiger partial charge in [-0.15, -0.1) is 0 Å². The summed E-state index contributed by atoms with van der Waals surface area (Å²) in [6, 6.07) is 8.65. The summed E-state index contributed by atoms with van der Waals surface area (Å²) >= 11 is 0. The predicted octanol–water partition coefficient (Wildman–Crippen LogP) is 1.64. The number of nitrogen functional groups attached to an aromatic ring is 1. The Labute approximate surface area is 114 Å². The van der Waals surface area contributed by atoms with Crippen LogP contribution in [0.15, 0.2) is 24.3 Å². The van der Waals surface area contributed by atoms with Gasteiger partial charge >= 0.3 is 0 Å². The number of nitrogens with zero attached hydrogens (tertiary/aromatic N) is 1. The molecule has 3 rings (SSSR count). The van der Waals surface area contributed by atoms with Crippen molar-refractivity contribution in [3.05, 3.63) is 24.3 Å². The maximum Gasteiger partial charge on any atom is 0.119 e. The lowest BCUT2D eigenvalue weighted by Gasteiger charge is -2.36. The zero-order valence-electron chi connectivity index (χ0n) is 11.2. The number of rotatable bonds is 4. The summed E-state index contributed by atoms with van der Waals surface area (Å²) in [7, 11) is 0. The van der Waals surface area contributed by atoms with E-state index in [4.69, 9.17) is 10.5 Å². The Morgan fingerprint density at radius 2 is 1.79 bits per heavy atom. The second-order valence-electron chi connectivity index (χ2n) is 5.67. The largest absolute Gasteiger partial charge is 0.492 e. The molecule has 4 heteroatoms. The monoisotopic (exact) mass is 262 g/mol. The van der Waals surface area contributed by atoms with Crippen LogP contribution in [0.1, 0.15) is 25.7 Å². The summed E-state index contributed by atoms with van der Waals surface area (Å²) < 4.78 is 5.76. The number of nitrogens with two attached hydrogens (primary N) is 1. The van der Waals surface area contributed by atoms with E-state index in [1.807, 2.05) is 24.3 Å². The first kappa shape index (κ1) is 12.8. The van der Waals surface area contributed by atoms with Gasteiger partial charge in [-0.1, -0.05) is 0 Å². The lowest BCUT2D eigenvalue weighted by molar-refractivity contribution is 0.0288. The number of hydrogen-bond donors (Lipinski definition) is 2. The van der Waals surface area contributed by atoms with E-state index in [1.54, 1.807) is 0 Å². The van der Waals surface area contributed by atoms with Crippen molar-refractivity contribution in [2.24, 2.45) is 0 Å². The zero-order valence-corrected chi connectivity index (χ0v) is 11.2. The Bertz CT molecular complexity index is 407. The van der Waals surface area contributed by atoms with Crippen molar-refractivity contribution >= 4 is 5.69 Å². The van der Waals surface area contributed by atoms with Crippen LogP contribution >= 0.6 is 0 Å². The average Bonchev–Trinajstić information content (AvgIpc) is 2.64. The van der Waals surface area contributed by atoms with Gasteiger partial charge in [0.1, 0.15) is 12.4 Å². The van der Waals surface area contributed by atoms with Gasteiger partial charge in [-0.2, -0.15) is 0 Å². The molecule has 19 heavy (non-hydrogen) atoms. The normalized spacial score (nSPS) is 30.5. The van der Waals surface area contributed by atoms with E-state index in [0.717, 1.165) is 30.8 Å². The van der Waals surface area contributed by atoms with E-state index in [0.29, 0.717) is 18.7 Å². The van der Waals surface area contributed by atoms with Crippen molar-refractivity contribution < 1.29 is 9.84 Å². The van der Waals surface area contributed by atoms with E-state index in [1.165, 1.54) is 12.8 Å². The van der Waals surface area contributed by atoms with Crippen molar-refractivity contribution in [3.63, 3.8) is 0 Å². The van der Waals surface area contributed by atoms with Crippen LogP contribution in [0.4, 0.5) is 5.69 Å². The molecule has 0 amide bonds. The smallest absolute Gasteiger partial charge is 0.119 e. The van der Waals surface area contributed by atoms with Gasteiger partial charge in [-0.25, -0.2) is 0 Å². The number of benzene rings is 1. The Morgan fingerprint density at radius 3 is 2.42 bits per heavy atom. The topological polar surface area (TPSA) is 58.7 Å². The highest BCUT2D eigenvalue weighted by Gasteiger charge is 2.39. The summed E-state index contributed by atoms with van der Waals surface area (Å²) in [5.41, 5.74) is 6.40. The molecule has 2 bridgehead atoms. The van der Waals surface area contributed by atoms with Crippen LogP contribution in [0, 0.1) is 0 Å². The zero-order chi connectivity index (χ0) is 13.2. The molecule has 1 aromatic rings. The van der Waals surface area contributed by atoms with E-state index in [2.05, 4.69) is 4.90 Å². The van der Waals surface area contributed by atoms with Gasteiger partial charge < -0.3 is 15.6 Å². The fraction of sp³-hybridized carbons (Fsp3) is 0.600. The van der Waals surface area contributed by atoms with Gasteiger partial charge in [-0.05, 0) is 49.9 Å². The van der Waals surface area contributed by atoms with Gasteiger partial charge in [-0.3, -0.25) is 4.90 Å². The van der Waals surface area contributed by atoms with Crippen molar-refractivity contribution in [3.8, 4) is 5.75 Å². The number of aliphatic hydroxyl groups excluding tert-OH is 1. The third kappa shape index (κ3) is 2.85. The Morgan fingerprint density at radius 1 is 1.16 bits per heavy atom. The first-order chi connectivity index (χ1) is 9.22. The molecule has 0 saturated carbocycles. The second kappa shape index (κ2) is 5.39. The minimum atomic E-state index is -0.0910. The number of aliphatic hydroxyl groups is 1. The number of fused-ring (bicyclic) bond motifs is 2. The molecule has 2 atom stereocenters. The lowest BCUT2D eigenvalue weighted by atomic mass is 10.0. The molecule has 2 aliphatic rings. The molecule has 0 aromatic heterocycles. The molecule has 2 fully saturated rings. The lowest BCUT2D eigenvalue weighted by Crippen LogP contribution is -2.46. The van der Waals surface area contributed by atoms with Gasteiger partial charge in [0, 0.05) is 24.3 Å². The number of anilines is 1. The summed E-state index contributed by atoms with van der Waals surface area (Å²) in [5, 5.41) is 9.77. The highest BCUT2D eigenvalue weighted by atomic mass is 16.5. The maximum atomic E-state index is 9.77. The average molecular weight is 262 g/mol. The summed E-state index contributed by atoms with van der Waals surface area (Å²) in [5.74, 6) is 0.874. The Hall–Kier alpha value is -1.26. The van der Waals surface area contributed by atoms with Gasteiger partial charge in [0.2, 0.25) is 0 Å². The molecule has 2 aliphatic heterocycles. The molecule has 104 valence electrons. The fourth-order valence-electron chi connectivity index (χ4n) is 3.44. The SMILES string of the molecule is Nc1ccc(OCCN2C3CCC2CC(O)C3)cc1. The van der Waals surface area contributed by atoms with Gasteiger partial charge in [0.25, 0.3) is 0 Å². The van der Waals surface area contributed by atoms with Crippen molar-refractivity contribution in [1.82, 2.24) is 4.90 Å². The highest BCUT2D eigenvalue weighted by Crippen LogP contribution is 2.35. The summed E-state index contributed by atoms with van der Waals surface area (Å²) in [6.07, 6.45) is 4.22. The van der Waals surface area contributed by atoms with Crippen LogP contribution in [0.2, 0.25) is 0 Å². The molecule has 2 heterocycles. The molecular formula is C15H22N2O2. The highest BCUT2D eigenvalue weighted by molar-refractivity contribution is 5.41.